The van der Waals surface area contributed by atoms with Gasteiger partial charge in [0.2, 0.25) is 5.95 Å². The van der Waals surface area contributed by atoms with E-state index in [1.54, 1.807) is 0 Å². The Labute approximate surface area is 180 Å². The van der Waals surface area contributed by atoms with Crippen LogP contribution in [0.25, 0.3) is 0 Å². The van der Waals surface area contributed by atoms with Crippen LogP contribution >= 0.6 is 0 Å². The van der Waals surface area contributed by atoms with Crippen molar-refractivity contribution in [1.29, 1.82) is 0 Å². The van der Waals surface area contributed by atoms with Gasteiger partial charge in [0.05, 0.1) is 9.79 Å². The van der Waals surface area contributed by atoms with E-state index in [2.05, 4.69) is 20.3 Å². The smallest absolute Gasteiger partial charge is 0.354 e. The van der Waals surface area contributed by atoms with Crippen molar-refractivity contribution in [3.63, 3.8) is 0 Å². The van der Waals surface area contributed by atoms with E-state index in [-0.39, 0.29) is 17.8 Å². The SMILES string of the molecule is CCCc1nc(Cc2cc(S(=O)(=O)O)ccc2S(=O)(=O)O)nc(NCC)n1.O=S(=O)=O. The first kappa shape index (κ1) is 26.5. The quantitative estimate of drug-likeness (QED) is 0.421. The minimum absolute atomic E-state index is 0.0660. The van der Waals surface area contributed by atoms with E-state index in [9.17, 15) is 25.9 Å². The second-order valence-corrected chi connectivity index (χ2v) is 9.09. The molecule has 31 heavy (non-hydrogen) atoms. The van der Waals surface area contributed by atoms with Crippen LogP contribution in [-0.4, -0.2) is 60.1 Å². The summed E-state index contributed by atoms with van der Waals surface area (Å²) >= 11 is 0. The van der Waals surface area contributed by atoms with Crippen molar-refractivity contribution in [2.75, 3.05) is 11.9 Å². The summed E-state index contributed by atoms with van der Waals surface area (Å²) in [6.07, 6.45) is 1.17. The number of hydrogen-bond donors (Lipinski definition) is 3. The number of benzene rings is 1. The molecule has 0 spiro atoms. The fraction of sp³-hybridized carbons (Fsp3) is 0.400. The number of nitrogens with one attached hydrogen (secondary N) is 1. The van der Waals surface area contributed by atoms with Crippen LogP contribution in [0.4, 0.5) is 5.95 Å². The Balaban J connectivity index is 0.00000110. The molecule has 0 aliphatic heterocycles. The first-order valence-corrected chi connectivity index (χ1v) is 12.5. The Kier molecular flexibility index (Phi) is 9.57. The summed E-state index contributed by atoms with van der Waals surface area (Å²) in [5, 5.41) is 2.95. The Bertz CT molecular complexity index is 1210. The maximum atomic E-state index is 11.6. The molecule has 0 aliphatic rings. The number of rotatable bonds is 8. The lowest BCUT2D eigenvalue weighted by molar-refractivity contribution is 0.477. The van der Waals surface area contributed by atoms with Gasteiger partial charge in [-0.1, -0.05) is 6.92 Å². The second-order valence-electron chi connectivity index (χ2n) is 5.87. The molecule has 0 bridgehead atoms. The zero-order chi connectivity index (χ0) is 23.8. The van der Waals surface area contributed by atoms with Crippen LogP contribution in [0.5, 0.6) is 0 Å². The standard InChI is InChI=1S/C15H20N4O6S2.O3S/c1-3-5-13-17-14(19-15(18-13)16-4-2)9-10-8-11(26(20,21)22)6-7-12(10)27(23,24)25;1-4(2)3/h6-8H,3-5,9H2,1-2H3,(H,20,21,22)(H,23,24,25)(H,16,17,18,19);. The highest BCUT2D eigenvalue weighted by Gasteiger charge is 2.21. The average Bonchev–Trinajstić information content (AvgIpc) is 2.60. The fourth-order valence-corrected chi connectivity index (χ4v) is 3.63. The minimum atomic E-state index is -4.62. The highest BCUT2D eigenvalue weighted by Crippen LogP contribution is 2.22. The molecule has 1 aromatic heterocycles. The molecular formula is C15H20N4O9S3. The topological polar surface area (TPSA) is 211 Å². The van der Waals surface area contributed by atoms with E-state index < -0.39 is 40.6 Å². The first-order chi connectivity index (χ1) is 14.3. The van der Waals surface area contributed by atoms with Gasteiger partial charge >= 0.3 is 10.6 Å². The van der Waals surface area contributed by atoms with Crippen molar-refractivity contribution in [3.8, 4) is 0 Å². The Hall–Kier alpha value is -2.53. The van der Waals surface area contributed by atoms with Crippen molar-refractivity contribution in [2.45, 2.75) is 42.9 Å². The monoisotopic (exact) mass is 496 g/mol. The molecule has 0 saturated carbocycles. The summed E-state index contributed by atoms with van der Waals surface area (Å²) < 4.78 is 89.9. The highest BCUT2D eigenvalue weighted by atomic mass is 32.2. The van der Waals surface area contributed by atoms with Gasteiger partial charge in [0.25, 0.3) is 20.2 Å². The molecule has 2 aromatic rings. The number of anilines is 1. The largest absolute Gasteiger partial charge is 0.425 e. The average molecular weight is 497 g/mol. The zero-order valence-electron chi connectivity index (χ0n) is 16.4. The van der Waals surface area contributed by atoms with E-state index in [0.29, 0.717) is 24.7 Å². The third-order valence-electron chi connectivity index (χ3n) is 3.49. The molecule has 0 unspecified atom stereocenters. The Morgan fingerprint density at radius 1 is 0.935 bits per heavy atom. The van der Waals surface area contributed by atoms with Crippen LogP contribution in [0.15, 0.2) is 28.0 Å². The van der Waals surface area contributed by atoms with Gasteiger partial charge in [-0.15, -0.1) is 12.6 Å². The van der Waals surface area contributed by atoms with Gasteiger partial charge in [-0.25, -0.2) is 4.98 Å². The van der Waals surface area contributed by atoms with Gasteiger partial charge < -0.3 is 5.32 Å². The number of aromatic nitrogens is 3. The predicted molar refractivity (Wildman–Crippen MR) is 107 cm³/mol. The van der Waals surface area contributed by atoms with E-state index in [1.807, 2.05) is 13.8 Å². The summed E-state index contributed by atoms with van der Waals surface area (Å²) in [5.41, 5.74) is -0.0660. The molecule has 0 amide bonds. The van der Waals surface area contributed by atoms with Gasteiger partial charge in [-0.05, 0) is 37.1 Å². The number of nitrogens with zero attached hydrogens (tertiary/aromatic N) is 3. The molecule has 0 radical (unpaired) electrons. The van der Waals surface area contributed by atoms with Gasteiger partial charge in [-0.2, -0.15) is 26.8 Å². The summed E-state index contributed by atoms with van der Waals surface area (Å²) in [5.74, 6) is 1.00. The molecule has 0 atom stereocenters. The Morgan fingerprint density at radius 3 is 2.00 bits per heavy atom. The summed E-state index contributed by atoms with van der Waals surface area (Å²) in [6.45, 7) is 4.36. The normalized spacial score (nSPS) is 11.4. The molecule has 0 saturated heterocycles. The molecule has 1 aromatic carbocycles. The van der Waals surface area contributed by atoms with Crippen LogP contribution in [-0.2, 0) is 43.7 Å². The van der Waals surface area contributed by atoms with Crippen LogP contribution in [0.1, 0.15) is 37.5 Å². The van der Waals surface area contributed by atoms with E-state index in [1.165, 1.54) is 0 Å². The fourth-order valence-electron chi connectivity index (χ4n) is 2.40. The molecule has 3 N–H and O–H groups in total. The van der Waals surface area contributed by atoms with Crippen LogP contribution < -0.4 is 5.32 Å². The molecule has 0 aliphatic carbocycles. The second kappa shape index (κ2) is 11.2. The number of hydrogen-bond acceptors (Lipinski definition) is 11. The molecular weight excluding hydrogens is 476 g/mol. The van der Waals surface area contributed by atoms with Crippen molar-refractivity contribution in [3.05, 3.63) is 35.4 Å². The van der Waals surface area contributed by atoms with E-state index in [4.69, 9.17) is 12.6 Å². The van der Waals surface area contributed by atoms with E-state index in [0.717, 1.165) is 24.6 Å². The van der Waals surface area contributed by atoms with Gasteiger partial charge in [0.15, 0.2) is 0 Å². The van der Waals surface area contributed by atoms with Crippen molar-refractivity contribution < 1.29 is 38.6 Å². The van der Waals surface area contributed by atoms with Gasteiger partial charge in [0, 0.05) is 19.4 Å². The maximum absolute atomic E-state index is 11.6. The zero-order valence-corrected chi connectivity index (χ0v) is 18.8. The lowest BCUT2D eigenvalue weighted by Crippen LogP contribution is -2.12. The summed E-state index contributed by atoms with van der Waals surface area (Å²) in [7, 11) is -12.3. The van der Waals surface area contributed by atoms with Crippen molar-refractivity contribution >= 4 is 36.8 Å². The molecule has 172 valence electrons. The van der Waals surface area contributed by atoms with Crippen molar-refractivity contribution in [2.24, 2.45) is 0 Å². The molecule has 16 heteroatoms. The molecule has 0 fully saturated rings. The predicted octanol–water partition coefficient (Wildman–Crippen LogP) is 0.336. The van der Waals surface area contributed by atoms with Crippen LogP contribution in [0, 0.1) is 0 Å². The summed E-state index contributed by atoms with van der Waals surface area (Å²) in [6, 6.07) is 2.77. The van der Waals surface area contributed by atoms with Crippen molar-refractivity contribution in [1.82, 2.24) is 15.0 Å². The number of aryl methyl sites for hydroxylation is 1. The third kappa shape index (κ3) is 9.01. The lowest BCUT2D eigenvalue weighted by atomic mass is 10.1. The van der Waals surface area contributed by atoms with E-state index >= 15 is 0 Å². The highest BCUT2D eigenvalue weighted by molar-refractivity contribution is 7.86. The van der Waals surface area contributed by atoms with Crippen LogP contribution in [0.2, 0.25) is 0 Å². The first-order valence-electron chi connectivity index (χ1n) is 8.60. The maximum Gasteiger partial charge on any atom is 0.425 e. The molecule has 2 rings (SSSR count). The molecule has 1 heterocycles. The third-order valence-corrected chi connectivity index (χ3v) is 5.30. The lowest BCUT2D eigenvalue weighted by Gasteiger charge is -2.10. The van der Waals surface area contributed by atoms with Gasteiger partial charge in [0.1, 0.15) is 11.6 Å². The van der Waals surface area contributed by atoms with Crippen LogP contribution in [0.3, 0.4) is 0 Å². The molecule has 13 nitrogen and oxygen atoms in total. The van der Waals surface area contributed by atoms with Gasteiger partial charge in [-0.3, -0.25) is 9.11 Å². The summed E-state index contributed by atoms with van der Waals surface area (Å²) in [4.78, 5) is 11.7. The minimum Gasteiger partial charge on any atom is -0.354 e. The Morgan fingerprint density at radius 2 is 1.52 bits per heavy atom.